The zero-order valence-electron chi connectivity index (χ0n) is 11.5. The molecule has 1 saturated heterocycles. The first-order chi connectivity index (χ1) is 8.81. The van der Waals surface area contributed by atoms with Gasteiger partial charge < -0.3 is 10.2 Å². The third-order valence-corrected chi connectivity index (χ3v) is 3.54. The molecule has 0 spiro atoms. The molecular formula is C14H24N4. The number of piperidine rings is 1. The van der Waals surface area contributed by atoms with E-state index in [1.807, 2.05) is 0 Å². The van der Waals surface area contributed by atoms with Gasteiger partial charge in [-0.1, -0.05) is 6.92 Å². The first-order valence-corrected chi connectivity index (χ1v) is 7.11. The summed E-state index contributed by atoms with van der Waals surface area (Å²) in [6.45, 7) is 7.41. The van der Waals surface area contributed by atoms with Crippen LogP contribution in [-0.2, 0) is 6.54 Å². The number of hydrogen-bond donors (Lipinski definition) is 1. The summed E-state index contributed by atoms with van der Waals surface area (Å²) in [4.78, 5) is 2.37. The lowest BCUT2D eigenvalue weighted by atomic mass is 10.0. The monoisotopic (exact) mass is 248 g/mol. The highest BCUT2D eigenvalue weighted by molar-refractivity contribution is 5.39. The fourth-order valence-corrected chi connectivity index (χ4v) is 2.43. The predicted octanol–water partition coefficient (Wildman–Crippen LogP) is 2.36. The Labute approximate surface area is 110 Å². The van der Waals surface area contributed by atoms with Crippen molar-refractivity contribution >= 4 is 5.82 Å². The van der Waals surface area contributed by atoms with Crippen LogP contribution in [0.25, 0.3) is 0 Å². The molecule has 1 aliphatic heterocycles. The maximum Gasteiger partial charge on any atom is 0.151 e. The van der Waals surface area contributed by atoms with Crippen LogP contribution in [0.15, 0.2) is 12.1 Å². The third kappa shape index (κ3) is 3.42. The van der Waals surface area contributed by atoms with Gasteiger partial charge in [-0.2, -0.15) is 5.10 Å². The Hall–Kier alpha value is -1.16. The third-order valence-electron chi connectivity index (χ3n) is 3.54. The first-order valence-electron chi connectivity index (χ1n) is 7.11. The lowest BCUT2D eigenvalue weighted by Gasteiger charge is -2.34. The molecule has 18 heavy (non-hydrogen) atoms. The fourth-order valence-electron chi connectivity index (χ4n) is 2.43. The van der Waals surface area contributed by atoms with E-state index in [0.29, 0.717) is 6.04 Å². The lowest BCUT2D eigenvalue weighted by molar-refractivity contribution is 0.479. The van der Waals surface area contributed by atoms with E-state index in [2.05, 4.69) is 46.4 Å². The number of rotatable bonds is 5. The highest BCUT2D eigenvalue weighted by Crippen LogP contribution is 2.22. The molecule has 0 aromatic carbocycles. The van der Waals surface area contributed by atoms with Crippen molar-refractivity contribution in [2.24, 2.45) is 0 Å². The molecule has 1 aromatic rings. The molecule has 1 N–H and O–H groups in total. The molecule has 0 amide bonds. The molecule has 1 aliphatic rings. The number of aromatic nitrogens is 2. The Morgan fingerprint density at radius 2 is 2.22 bits per heavy atom. The second-order valence-corrected chi connectivity index (χ2v) is 5.10. The molecular weight excluding hydrogens is 224 g/mol. The van der Waals surface area contributed by atoms with Crippen LogP contribution in [-0.4, -0.2) is 29.3 Å². The van der Waals surface area contributed by atoms with E-state index in [-0.39, 0.29) is 0 Å². The molecule has 1 aromatic heterocycles. The largest absolute Gasteiger partial charge is 0.352 e. The van der Waals surface area contributed by atoms with E-state index in [0.717, 1.165) is 37.6 Å². The van der Waals surface area contributed by atoms with Crippen molar-refractivity contribution in [1.82, 2.24) is 15.5 Å². The van der Waals surface area contributed by atoms with Gasteiger partial charge in [0.1, 0.15) is 0 Å². The van der Waals surface area contributed by atoms with E-state index < -0.39 is 0 Å². The second-order valence-electron chi connectivity index (χ2n) is 5.10. The highest BCUT2D eigenvalue weighted by Gasteiger charge is 2.19. The van der Waals surface area contributed by atoms with E-state index in [1.54, 1.807) is 0 Å². The molecule has 0 saturated carbocycles. The molecule has 0 bridgehead atoms. The van der Waals surface area contributed by atoms with Crippen LogP contribution >= 0.6 is 0 Å². The summed E-state index contributed by atoms with van der Waals surface area (Å²) >= 11 is 0. The Morgan fingerprint density at radius 3 is 2.89 bits per heavy atom. The summed E-state index contributed by atoms with van der Waals surface area (Å²) in [5, 5.41) is 12.0. The number of hydrogen-bond acceptors (Lipinski definition) is 4. The van der Waals surface area contributed by atoms with Crippen molar-refractivity contribution in [2.45, 2.75) is 52.1 Å². The average molecular weight is 248 g/mol. The first kappa shape index (κ1) is 13.3. The van der Waals surface area contributed by atoms with Gasteiger partial charge in [0.25, 0.3) is 0 Å². The van der Waals surface area contributed by atoms with Crippen LogP contribution in [0, 0.1) is 0 Å². The van der Waals surface area contributed by atoms with Crippen LogP contribution in [0.1, 0.15) is 45.2 Å². The molecule has 1 unspecified atom stereocenters. The molecule has 1 fully saturated rings. The minimum Gasteiger partial charge on any atom is -0.352 e. The zero-order chi connectivity index (χ0) is 12.8. The minimum atomic E-state index is 0.595. The van der Waals surface area contributed by atoms with Gasteiger partial charge in [0, 0.05) is 19.1 Å². The van der Waals surface area contributed by atoms with Crippen molar-refractivity contribution in [3.8, 4) is 0 Å². The minimum absolute atomic E-state index is 0.595. The zero-order valence-corrected chi connectivity index (χ0v) is 11.5. The molecule has 2 rings (SSSR count). The predicted molar refractivity (Wildman–Crippen MR) is 74.7 cm³/mol. The van der Waals surface area contributed by atoms with Crippen LogP contribution in [0.3, 0.4) is 0 Å². The smallest absolute Gasteiger partial charge is 0.151 e. The summed E-state index contributed by atoms with van der Waals surface area (Å²) < 4.78 is 0. The topological polar surface area (TPSA) is 41.0 Å². The van der Waals surface area contributed by atoms with Crippen LogP contribution in [0.2, 0.25) is 0 Å². The number of anilines is 1. The van der Waals surface area contributed by atoms with Gasteiger partial charge in [0.2, 0.25) is 0 Å². The number of nitrogens with zero attached hydrogens (tertiary/aromatic N) is 3. The summed E-state index contributed by atoms with van der Waals surface area (Å²) in [6, 6.07) is 4.79. The molecule has 0 aliphatic carbocycles. The summed E-state index contributed by atoms with van der Waals surface area (Å²) in [7, 11) is 0. The molecule has 0 radical (unpaired) electrons. The van der Waals surface area contributed by atoms with Gasteiger partial charge in [-0.3, -0.25) is 0 Å². The van der Waals surface area contributed by atoms with Gasteiger partial charge in [-0.25, -0.2) is 0 Å². The van der Waals surface area contributed by atoms with E-state index >= 15 is 0 Å². The lowest BCUT2D eigenvalue weighted by Crippen LogP contribution is -2.38. The van der Waals surface area contributed by atoms with Gasteiger partial charge in [0.15, 0.2) is 5.82 Å². The van der Waals surface area contributed by atoms with Crippen molar-refractivity contribution < 1.29 is 0 Å². The fraction of sp³-hybridized carbons (Fsp3) is 0.714. The van der Waals surface area contributed by atoms with Crippen LogP contribution < -0.4 is 10.2 Å². The summed E-state index contributed by atoms with van der Waals surface area (Å²) in [5.41, 5.74) is 1.02. The van der Waals surface area contributed by atoms with Gasteiger partial charge in [-0.05, 0) is 51.3 Å². The van der Waals surface area contributed by atoms with Crippen molar-refractivity contribution in [3.05, 3.63) is 17.8 Å². The maximum absolute atomic E-state index is 4.37. The SMILES string of the molecule is CCCNCc1ccc(N2CCCCC2C)nn1. The normalized spacial score (nSPS) is 20.1. The molecule has 1 atom stereocenters. The van der Waals surface area contributed by atoms with Gasteiger partial charge >= 0.3 is 0 Å². The highest BCUT2D eigenvalue weighted by atomic mass is 15.3. The Morgan fingerprint density at radius 1 is 1.33 bits per heavy atom. The second kappa shape index (κ2) is 6.69. The van der Waals surface area contributed by atoms with Crippen molar-refractivity contribution in [3.63, 3.8) is 0 Å². The molecule has 100 valence electrons. The van der Waals surface area contributed by atoms with Crippen LogP contribution in [0.5, 0.6) is 0 Å². The Kier molecular flexibility index (Phi) is 4.93. The standard InChI is InChI=1S/C14H24N4/c1-3-9-15-11-13-7-8-14(17-16-13)18-10-5-4-6-12(18)2/h7-8,12,15H,3-6,9-11H2,1-2H3. The maximum atomic E-state index is 4.37. The number of nitrogens with one attached hydrogen (secondary N) is 1. The average Bonchev–Trinajstić information content (AvgIpc) is 2.41. The van der Waals surface area contributed by atoms with E-state index in [4.69, 9.17) is 0 Å². The van der Waals surface area contributed by atoms with Gasteiger partial charge in [0.05, 0.1) is 5.69 Å². The summed E-state index contributed by atoms with van der Waals surface area (Å²) in [5.74, 6) is 1.03. The quantitative estimate of drug-likeness (QED) is 0.812. The Bertz CT molecular complexity index is 349. The molecule has 4 heteroatoms. The van der Waals surface area contributed by atoms with E-state index in [9.17, 15) is 0 Å². The summed E-state index contributed by atoms with van der Waals surface area (Å²) in [6.07, 6.45) is 5.02. The van der Waals surface area contributed by atoms with Gasteiger partial charge in [-0.15, -0.1) is 5.10 Å². The van der Waals surface area contributed by atoms with Crippen molar-refractivity contribution in [2.75, 3.05) is 18.0 Å². The van der Waals surface area contributed by atoms with Crippen LogP contribution in [0.4, 0.5) is 5.82 Å². The molecule has 4 nitrogen and oxygen atoms in total. The van der Waals surface area contributed by atoms with E-state index in [1.165, 1.54) is 19.3 Å². The molecule has 2 heterocycles. The Balaban J connectivity index is 1.94. The van der Waals surface area contributed by atoms with Crippen molar-refractivity contribution in [1.29, 1.82) is 0 Å².